The van der Waals surface area contributed by atoms with Gasteiger partial charge in [-0.25, -0.2) is 13.2 Å². The maximum atomic E-state index is 13.5. The normalized spacial score (nSPS) is 18.4. The molecule has 0 aliphatic carbocycles. The van der Waals surface area contributed by atoms with Crippen LogP contribution in [0.25, 0.3) is 0 Å². The molecule has 1 aromatic carbocycles. The van der Waals surface area contributed by atoms with Crippen molar-refractivity contribution in [3.05, 3.63) is 35.1 Å². The number of carbonyl (C=O) groups is 1. The minimum atomic E-state index is -4.85. The number of hydrogen-bond acceptors (Lipinski definition) is 2. The number of rotatable bonds is 1. The summed E-state index contributed by atoms with van der Waals surface area (Å²) in [6, 6.07) is 0.624. The molecule has 1 aliphatic heterocycles. The summed E-state index contributed by atoms with van der Waals surface area (Å²) in [7, 11) is 0. The van der Waals surface area contributed by atoms with Crippen molar-refractivity contribution in [1.29, 1.82) is 0 Å². The Kier molecular flexibility index (Phi) is 4.12. The van der Waals surface area contributed by atoms with Crippen LogP contribution in [-0.4, -0.2) is 40.8 Å². The maximum absolute atomic E-state index is 13.5. The van der Waals surface area contributed by atoms with E-state index in [0.29, 0.717) is 12.1 Å². The van der Waals surface area contributed by atoms with Crippen LogP contribution in [0.15, 0.2) is 12.1 Å². The van der Waals surface area contributed by atoms with Gasteiger partial charge in [0, 0.05) is 38.1 Å². The van der Waals surface area contributed by atoms with Crippen LogP contribution >= 0.6 is 0 Å². The topological polar surface area (TPSA) is 40.5 Å². The molecule has 9 heteroatoms. The quantitative estimate of drug-likeness (QED) is 0.806. The van der Waals surface area contributed by atoms with E-state index in [0.717, 1.165) is 4.90 Å². The van der Waals surface area contributed by atoms with Crippen molar-refractivity contribution in [2.45, 2.75) is 24.6 Å². The summed E-state index contributed by atoms with van der Waals surface area (Å²) in [5.74, 6) is -5.26. The van der Waals surface area contributed by atoms with E-state index >= 15 is 0 Å². The number of halogens is 6. The van der Waals surface area contributed by atoms with Crippen molar-refractivity contribution in [3.8, 4) is 0 Å². The lowest BCUT2D eigenvalue weighted by molar-refractivity contribution is -0.271. The summed E-state index contributed by atoms with van der Waals surface area (Å²) < 4.78 is 77.7. The third-order valence-electron chi connectivity index (χ3n) is 3.63. The van der Waals surface area contributed by atoms with Gasteiger partial charge in [-0.15, -0.1) is 0 Å². The Balaban J connectivity index is 2.18. The molecular weight excluding hydrogens is 316 g/mol. The number of amides is 1. The van der Waals surface area contributed by atoms with Crippen molar-refractivity contribution < 1.29 is 36.2 Å². The fourth-order valence-corrected chi connectivity index (χ4v) is 2.27. The van der Waals surface area contributed by atoms with Gasteiger partial charge in [-0.2, -0.15) is 13.2 Å². The molecule has 122 valence electrons. The van der Waals surface area contributed by atoms with Crippen molar-refractivity contribution in [2.75, 3.05) is 13.1 Å². The number of benzene rings is 1. The lowest BCUT2D eigenvalue weighted by Crippen LogP contribution is -2.54. The van der Waals surface area contributed by atoms with Crippen LogP contribution in [0.5, 0.6) is 0 Å². The maximum Gasteiger partial charge on any atom is 0.417 e. The molecule has 0 unspecified atom stereocenters. The smallest absolute Gasteiger partial charge is 0.380 e. The lowest BCUT2D eigenvalue weighted by atomic mass is 9.90. The van der Waals surface area contributed by atoms with Gasteiger partial charge in [0.05, 0.1) is 0 Å². The van der Waals surface area contributed by atoms with Crippen LogP contribution in [0.2, 0.25) is 0 Å². The Morgan fingerprint density at radius 2 is 1.55 bits per heavy atom. The first-order chi connectivity index (χ1) is 10.0. The molecule has 1 aliphatic rings. The third kappa shape index (κ3) is 2.90. The van der Waals surface area contributed by atoms with Crippen molar-refractivity contribution in [1.82, 2.24) is 4.90 Å². The van der Waals surface area contributed by atoms with Crippen LogP contribution in [-0.2, 0) is 0 Å². The fraction of sp³-hybridized carbons (Fsp3) is 0.462. The van der Waals surface area contributed by atoms with E-state index < -0.39 is 66.6 Å². The molecule has 0 atom stereocenters. The second-order valence-electron chi connectivity index (χ2n) is 5.07. The lowest BCUT2D eigenvalue weighted by Gasteiger charge is -2.39. The molecule has 1 fully saturated rings. The van der Waals surface area contributed by atoms with Crippen LogP contribution < -0.4 is 0 Å². The van der Waals surface area contributed by atoms with Gasteiger partial charge in [-0.05, 0) is 0 Å². The van der Waals surface area contributed by atoms with Crippen LogP contribution in [0.3, 0.4) is 0 Å². The van der Waals surface area contributed by atoms with Gasteiger partial charge in [-0.1, -0.05) is 0 Å². The molecule has 0 saturated carbocycles. The molecule has 22 heavy (non-hydrogen) atoms. The van der Waals surface area contributed by atoms with Crippen LogP contribution in [0.4, 0.5) is 26.3 Å². The zero-order valence-corrected chi connectivity index (χ0v) is 11.1. The Morgan fingerprint density at radius 3 is 1.95 bits per heavy atom. The largest absolute Gasteiger partial charge is 0.417 e. The van der Waals surface area contributed by atoms with E-state index in [9.17, 15) is 36.2 Å². The van der Waals surface area contributed by atoms with Gasteiger partial charge in [0.15, 0.2) is 5.60 Å². The predicted octanol–water partition coefficient (Wildman–Crippen LogP) is 2.63. The van der Waals surface area contributed by atoms with E-state index in [-0.39, 0.29) is 0 Å². The first-order valence-electron chi connectivity index (χ1n) is 6.28. The molecule has 0 aromatic heterocycles. The zero-order valence-electron chi connectivity index (χ0n) is 11.1. The Morgan fingerprint density at radius 1 is 1.09 bits per heavy atom. The predicted molar refractivity (Wildman–Crippen MR) is 62.5 cm³/mol. The molecule has 0 radical (unpaired) electrons. The average molecular weight is 327 g/mol. The summed E-state index contributed by atoms with van der Waals surface area (Å²) in [5, 5.41) is 9.46. The molecule has 3 nitrogen and oxygen atoms in total. The first-order valence-corrected chi connectivity index (χ1v) is 6.28. The highest BCUT2D eigenvalue weighted by Gasteiger charge is 2.55. The second-order valence-corrected chi connectivity index (χ2v) is 5.07. The minimum absolute atomic E-state index is 0.312. The summed E-state index contributed by atoms with van der Waals surface area (Å²) in [4.78, 5) is 12.8. The monoisotopic (exact) mass is 327 g/mol. The van der Waals surface area contributed by atoms with Gasteiger partial charge >= 0.3 is 6.18 Å². The molecule has 1 N–H and O–H groups in total. The Hall–Kier alpha value is -1.77. The number of nitrogens with zero attached hydrogens (tertiary/aromatic N) is 1. The van der Waals surface area contributed by atoms with Gasteiger partial charge in [0.2, 0.25) is 0 Å². The summed E-state index contributed by atoms with van der Waals surface area (Å²) in [6.07, 6.45) is -6.45. The minimum Gasteiger partial charge on any atom is -0.380 e. The van der Waals surface area contributed by atoms with Crippen molar-refractivity contribution >= 4 is 5.91 Å². The number of carbonyl (C=O) groups excluding carboxylic acids is 1. The first kappa shape index (κ1) is 16.6. The fourth-order valence-electron chi connectivity index (χ4n) is 2.27. The van der Waals surface area contributed by atoms with Gasteiger partial charge in [0.25, 0.3) is 5.91 Å². The number of aliphatic hydroxyl groups is 1. The SMILES string of the molecule is O=C(c1c(F)cc(F)cc1F)N1CCC(O)(C(F)(F)F)CC1. The van der Waals surface area contributed by atoms with E-state index in [1.54, 1.807) is 0 Å². The summed E-state index contributed by atoms with van der Waals surface area (Å²) in [6.45, 7) is -1.05. The number of hydrogen-bond donors (Lipinski definition) is 1. The number of likely N-dealkylation sites (tertiary alicyclic amines) is 1. The molecule has 0 bridgehead atoms. The van der Waals surface area contributed by atoms with E-state index in [2.05, 4.69) is 0 Å². The molecule has 1 amide bonds. The van der Waals surface area contributed by atoms with Crippen molar-refractivity contribution in [3.63, 3.8) is 0 Å². The molecule has 2 rings (SSSR count). The molecule has 1 aromatic rings. The molecule has 1 saturated heterocycles. The average Bonchev–Trinajstić information content (AvgIpc) is 2.36. The van der Waals surface area contributed by atoms with Gasteiger partial charge in [0.1, 0.15) is 23.0 Å². The third-order valence-corrected chi connectivity index (χ3v) is 3.63. The summed E-state index contributed by atoms with van der Waals surface area (Å²) in [5.41, 5.74) is -3.96. The van der Waals surface area contributed by atoms with Gasteiger partial charge in [-0.3, -0.25) is 4.79 Å². The number of alkyl halides is 3. The van der Waals surface area contributed by atoms with Crippen molar-refractivity contribution in [2.24, 2.45) is 0 Å². The highest BCUT2D eigenvalue weighted by Crippen LogP contribution is 2.38. The van der Waals surface area contributed by atoms with E-state index in [4.69, 9.17) is 0 Å². The highest BCUT2D eigenvalue weighted by atomic mass is 19.4. The molecule has 1 heterocycles. The number of piperidine rings is 1. The molecule has 0 spiro atoms. The molecular formula is C13H11F6NO2. The summed E-state index contributed by atoms with van der Waals surface area (Å²) >= 11 is 0. The van der Waals surface area contributed by atoms with Crippen LogP contribution in [0, 0.1) is 17.5 Å². The van der Waals surface area contributed by atoms with Crippen LogP contribution in [0.1, 0.15) is 23.2 Å². The Bertz CT molecular complexity index is 570. The standard InChI is InChI=1S/C13H11F6NO2/c14-7-5-8(15)10(9(16)6-7)11(21)20-3-1-12(22,2-4-20)13(17,18)19/h5-6,22H,1-4H2. The van der Waals surface area contributed by atoms with E-state index in [1.807, 2.05) is 0 Å². The second kappa shape index (κ2) is 5.45. The Labute approximate surface area is 121 Å². The van der Waals surface area contributed by atoms with Gasteiger partial charge < -0.3 is 10.0 Å². The highest BCUT2D eigenvalue weighted by molar-refractivity contribution is 5.94. The van der Waals surface area contributed by atoms with E-state index in [1.165, 1.54) is 0 Å². The zero-order chi connectivity index (χ0) is 16.7.